The predicted molar refractivity (Wildman–Crippen MR) is 62.1 cm³/mol. The van der Waals surface area contributed by atoms with Crippen LogP contribution in [0.2, 0.25) is 0 Å². The van der Waals surface area contributed by atoms with Crippen LogP contribution in [0.15, 0.2) is 24.5 Å². The Morgan fingerprint density at radius 2 is 2.21 bits per heavy atom. The van der Waals surface area contributed by atoms with E-state index in [-0.39, 0.29) is 0 Å². The molecule has 78 valence electrons. The van der Waals surface area contributed by atoms with Crippen molar-refractivity contribution in [2.75, 3.05) is 11.5 Å². The Balaban J connectivity index is 2.40. The number of hydrazine groups is 1. The molecule has 1 unspecified atom stereocenters. The van der Waals surface area contributed by atoms with Crippen LogP contribution in [0, 0.1) is 0 Å². The van der Waals surface area contributed by atoms with Crippen LogP contribution < -0.4 is 11.3 Å². The van der Waals surface area contributed by atoms with Gasteiger partial charge in [0.15, 0.2) is 0 Å². The van der Waals surface area contributed by atoms with Gasteiger partial charge in [-0.05, 0) is 29.9 Å². The van der Waals surface area contributed by atoms with Gasteiger partial charge in [0.2, 0.25) is 0 Å². The Hall–Kier alpha value is -0.580. The van der Waals surface area contributed by atoms with Gasteiger partial charge in [-0.3, -0.25) is 16.3 Å². The molecular formula is C10H17N3S. The minimum absolute atomic E-state index is 0.349. The normalized spacial score (nSPS) is 12.7. The SMILES string of the molecule is CCSCC(Cc1ccncc1)NN. The third-order valence-corrected chi connectivity index (χ3v) is 3.04. The van der Waals surface area contributed by atoms with Gasteiger partial charge in [-0.2, -0.15) is 11.8 Å². The number of nitrogens with zero attached hydrogens (tertiary/aromatic N) is 1. The zero-order valence-corrected chi connectivity index (χ0v) is 9.26. The van der Waals surface area contributed by atoms with Crippen molar-refractivity contribution in [1.29, 1.82) is 0 Å². The summed E-state index contributed by atoms with van der Waals surface area (Å²) in [4.78, 5) is 3.98. The first kappa shape index (κ1) is 11.5. The number of hydrogen-bond acceptors (Lipinski definition) is 4. The quantitative estimate of drug-likeness (QED) is 0.548. The average molecular weight is 211 g/mol. The first-order chi connectivity index (χ1) is 6.86. The molecule has 14 heavy (non-hydrogen) atoms. The van der Waals surface area contributed by atoms with Gasteiger partial charge in [0.25, 0.3) is 0 Å². The molecule has 1 atom stereocenters. The molecular weight excluding hydrogens is 194 g/mol. The van der Waals surface area contributed by atoms with Crippen molar-refractivity contribution in [3.05, 3.63) is 30.1 Å². The summed E-state index contributed by atoms with van der Waals surface area (Å²) >= 11 is 1.90. The lowest BCUT2D eigenvalue weighted by atomic mass is 10.1. The van der Waals surface area contributed by atoms with Crippen molar-refractivity contribution in [3.63, 3.8) is 0 Å². The fourth-order valence-electron chi connectivity index (χ4n) is 1.23. The lowest BCUT2D eigenvalue weighted by Crippen LogP contribution is -2.38. The van der Waals surface area contributed by atoms with Crippen molar-refractivity contribution >= 4 is 11.8 Å². The van der Waals surface area contributed by atoms with Crippen molar-refractivity contribution in [1.82, 2.24) is 10.4 Å². The topological polar surface area (TPSA) is 50.9 Å². The third kappa shape index (κ3) is 4.09. The number of aromatic nitrogens is 1. The molecule has 0 radical (unpaired) electrons. The summed E-state index contributed by atoms with van der Waals surface area (Å²) in [6.07, 6.45) is 4.60. The lowest BCUT2D eigenvalue weighted by molar-refractivity contribution is 0.575. The third-order valence-electron chi connectivity index (χ3n) is 1.99. The zero-order chi connectivity index (χ0) is 10.2. The molecule has 4 heteroatoms. The number of nitrogens with two attached hydrogens (primary N) is 1. The summed E-state index contributed by atoms with van der Waals surface area (Å²) in [6, 6.07) is 4.41. The second-order valence-corrected chi connectivity index (χ2v) is 4.40. The van der Waals surface area contributed by atoms with E-state index in [4.69, 9.17) is 5.84 Å². The maximum absolute atomic E-state index is 5.48. The molecule has 0 spiro atoms. The van der Waals surface area contributed by atoms with E-state index in [9.17, 15) is 0 Å². The first-order valence-electron chi connectivity index (χ1n) is 4.79. The maximum atomic E-state index is 5.48. The summed E-state index contributed by atoms with van der Waals surface area (Å²) in [7, 11) is 0. The van der Waals surface area contributed by atoms with Gasteiger partial charge in [0.05, 0.1) is 0 Å². The second-order valence-electron chi connectivity index (χ2n) is 3.08. The van der Waals surface area contributed by atoms with E-state index >= 15 is 0 Å². The molecule has 0 aliphatic carbocycles. The highest BCUT2D eigenvalue weighted by molar-refractivity contribution is 7.99. The molecule has 0 aliphatic heterocycles. The van der Waals surface area contributed by atoms with Gasteiger partial charge in [-0.25, -0.2) is 0 Å². The summed E-state index contributed by atoms with van der Waals surface area (Å²) in [6.45, 7) is 2.16. The summed E-state index contributed by atoms with van der Waals surface area (Å²) in [5, 5.41) is 0. The number of rotatable bonds is 6. The van der Waals surface area contributed by atoms with Gasteiger partial charge in [0.1, 0.15) is 0 Å². The van der Waals surface area contributed by atoms with Gasteiger partial charge in [0, 0.05) is 24.2 Å². The molecule has 0 saturated carbocycles. The Bertz CT molecular complexity index is 240. The van der Waals surface area contributed by atoms with Gasteiger partial charge < -0.3 is 0 Å². The van der Waals surface area contributed by atoms with Crippen LogP contribution in [-0.2, 0) is 6.42 Å². The molecule has 0 amide bonds. The van der Waals surface area contributed by atoms with Crippen LogP contribution in [0.4, 0.5) is 0 Å². The van der Waals surface area contributed by atoms with Crippen LogP contribution in [0.5, 0.6) is 0 Å². The van der Waals surface area contributed by atoms with E-state index < -0.39 is 0 Å². The van der Waals surface area contributed by atoms with E-state index in [1.165, 1.54) is 5.56 Å². The maximum Gasteiger partial charge on any atom is 0.0341 e. The second kappa shape index (κ2) is 6.81. The summed E-state index contributed by atoms with van der Waals surface area (Å²) in [5.41, 5.74) is 4.12. The molecule has 0 fully saturated rings. The van der Waals surface area contributed by atoms with Crippen molar-refractivity contribution in [2.24, 2.45) is 5.84 Å². The predicted octanol–water partition coefficient (Wildman–Crippen LogP) is 1.21. The monoisotopic (exact) mass is 211 g/mol. The van der Waals surface area contributed by atoms with Crippen LogP contribution in [0.25, 0.3) is 0 Å². The van der Waals surface area contributed by atoms with Crippen molar-refractivity contribution < 1.29 is 0 Å². The Labute approximate surface area is 89.5 Å². The van der Waals surface area contributed by atoms with Crippen LogP contribution in [0.1, 0.15) is 12.5 Å². The van der Waals surface area contributed by atoms with Crippen molar-refractivity contribution in [3.8, 4) is 0 Å². The number of pyridine rings is 1. The van der Waals surface area contributed by atoms with Crippen LogP contribution in [-0.4, -0.2) is 22.5 Å². The van der Waals surface area contributed by atoms with E-state index in [0.717, 1.165) is 17.9 Å². The smallest absolute Gasteiger partial charge is 0.0341 e. The fourth-order valence-corrected chi connectivity index (χ4v) is 1.96. The molecule has 1 rings (SSSR count). The number of nitrogens with one attached hydrogen (secondary N) is 1. The molecule has 1 heterocycles. The molecule has 1 aromatic rings. The Kier molecular flexibility index (Phi) is 5.59. The highest BCUT2D eigenvalue weighted by atomic mass is 32.2. The summed E-state index contributed by atoms with van der Waals surface area (Å²) in [5.74, 6) is 7.67. The Morgan fingerprint density at radius 3 is 2.79 bits per heavy atom. The minimum Gasteiger partial charge on any atom is -0.271 e. The van der Waals surface area contributed by atoms with E-state index in [2.05, 4.69) is 17.3 Å². The van der Waals surface area contributed by atoms with Crippen LogP contribution >= 0.6 is 11.8 Å². The largest absolute Gasteiger partial charge is 0.271 e. The van der Waals surface area contributed by atoms with Gasteiger partial charge in [-0.1, -0.05) is 6.92 Å². The molecule has 3 nitrogen and oxygen atoms in total. The number of thioether (sulfide) groups is 1. The Morgan fingerprint density at radius 1 is 1.50 bits per heavy atom. The molecule has 0 bridgehead atoms. The van der Waals surface area contributed by atoms with E-state index in [1.54, 1.807) is 0 Å². The zero-order valence-electron chi connectivity index (χ0n) is 8.44. The minimum atomic E-state index is 0.349. The van der Waals surface area contributed by atoms with E-state index in [1.807, 2.05) is 36.3 Å². The van der Waals surface area contributed by atoms with Gasteiger partial charge >= 0.3 is 0 Å². The fraction of sp³-hybridized carbons (Fsp3) is 0.500. The van der Waals surface area contributed by atoms with Crippen LogP contribution in [0.3, 0.4) is 0 Å². The van der Waals surface area contributed by atoms with E-state index in [0.29, 0.717) is 6.04 Å². The molecule has 1 aromatic heterocycles. The average Bonchev–Trinajstić information content (AvgIpc) is 2.25. The standard InChI is InChI=1S/C10H17N3S/c1-2-14-8-10(13-11)7-9-3-5-12-6-4-9/h3-6,10,13H,2,7-8,11H2,1H3. The van der Waals surface area contributed by atoms with Gasteiger partial charge in [-0.15, -0.1) is 0 Å². The molecule has 3 N–H and O–H groups in total. The molecule has 0 saturated heterocycles. The summed E-state index contributed by atoms with van der Waals surface area (Å²) < 4.78 is 0. The molecule has 0 aliphatic rings. The van der Waals surface area contributed by atoms with Crippen molar-refractivity contribution in [2.45, 2.75) is 19.4 Å². The first-order valence-corrected chi connectivity index (χ1v) is 5.95. The number of hydrogen-bond donors (Lipinski definition) is 2. The molecule has 0 aromatic carbocycles. The highest BCUT2D eigenvalue weighted by Crippen LogP contribution is 2.07. The highest BCUT2D eigenvalue weighted by Gasteiger charge is 2.06. The lowest BCUT2D eigenvalue weighted by Gasteiger charge is -2.14.